The lowest BCUT2D eigenvalue weighted by Crippen LogP contribution is -2.07. The molecular weight excluding hydrogens is 272 g/mol. The Kier molecular flexibility index (Phi) is 4.40. The van der Waals surface area contributed by atoms with Gasteiger partial charge in [0.25, 0.3) is 0 Å². The Morgan fingerprint density at radius 2 is 1.95 bits per heavy atom. The lowest BCUT2D eigenvalue weighted by molar-refractivity contribution is 0.216. The number of benzene rings is 1. The highest BCUT2D eigenvalue weighted by Gasteiger charge is 2.25. The number of aromatic nitrogens is 2. The van der Waals surface area contributed by atoms with Crippen molar-refractivity contribution in [3.05, 3.63) is 39.4 Å². The fraction of sp³-hybridized carbons (Fsp3) is 0.467. The minimum atomic E-state index is -0.747. The molecule has 0 radical (unpaired) electrons. The summed E-state index contributed by atoms with van der Waals surface area (Å²) in [4.78, 5) is 0.797. The number of hydrogen-bond acceptors (Lipinski definition) is 5. The van der Waals surface area contributed by atoms with Crippen LogP contribution >= 0.6 is 11.5 Å². The van der Waals surface area contributed by atoms with Crippen molar-refractivity contribution in [2.75, 3.05) is 7.11 Å². The van der Waals surface area contributed by atoms with Gasteiger partial charge in [-0.3, -0.25) is 0 Å². The summed E-state index contributed by atoms with van der Waals surface area (Å²) in [5.41, 5.74) is 3.77. The molecule has 0 aliphatic carbocycles. The molecule has 0 bridgehead atoms. The van der Waals surface area contributed by atoms with Gasteiger partial charge in [-0.25, -0.2) is 0 Å². The normalized spacial score (nSPS) is 12.8. The van der Waals surface area contributed by atoms with Crippen molar-refractivity contribution in [3.8, 4) is 5.75 Å². The molecule has 1 N–H and O–H groups in total. The number of ether oxygens (including phenoxy) is 1. The SMILES string of the molecule is COc1cc(C)cc(C)c1C(O)c1snnc1C(C)C. The Hall–Kier alpha value is -1.46. The summed E-state index contributed by atoms with van der Waals surface area (Å²) in [7, 11) is 1.62. The van der Waals surface area contributed by atoms with Gasteiger partial charge in [-0.15, -0.1) is 5.10 Å². The van der Waals surface area contributed by atoms with E-state index < -0.39 is 6.10 Å². The van der Waals surface area contributed by atoms with E-state index in [1.54, 1.807) is 7.11 Å². The summed E-state index contributed by atoms with van der Waals surface area (Å²) < 4.78 is 9.41. The average molecular weight is 292 g/mol. The smallest absolute Gasteiger partial charge is 0.125 e. The largest absolute Gasteiger partial charge is 0.496 e. The molecule has 0 saturated heterocycles. The van der Waals surface area contributed by atoms with E-state index in [0.717, 1.165) is 27.3 Å². The summed E-state index contributed by atoms with van der Waals surface area (Å²) in [5.74, 6) is 0.938. The maximum Gasteiger partial charge on any atom is 0.125 e. The van der Waals surface area contributed by atoms with Gasteiger partial charge in [0.2, 0.25) is 0 Å². The van der Waals surface area contributed by atoms with E-state index in [9.17, 15) is 5.11 Å². The molecule has 0 amide bonds. The van der Waals surface area contributed by atoms with Crippen LogP contribution in [0.4, 0.5) is 0 Å². The molecule has 1 atom stereocenters. The average Bonchev–Trinajstić information content (AvgIpc) is 2.86. The summed E-state index contributed by atoms with van der Waals surface area (Å²) in [6.07, 6.45) is -0.747. The number of hydrogen-bond donors (Lipinski definition) is 1. The highest BCUT2D eigenvalue weighted by Crippen LogP contribution is 2.37. The van der Waals surface area contributed by atoms with Crippen LogP contribution < -0.4 is 4.74 Å². The van der Waals surface area contributed by atoms with Gasteiger partial charge in [0, 0.05) is 5.56 Å². The second kappa shape index (κ2) is 5.89. The van der Waals surface area contributed by atoms with Crippen molar-refractivity contribution in [1.29, 1.82) is 0 Å². The first kappa shape index (κ1) is 14.9. The quantitative estimate of drug-likeness (QED) is 0.938. The Bertz CT molecular complexity index is 608. The number of aryl methyl sites for hydroxylation is 2. The third kappa shape index (κ3) is 2.69. The third-order valence-corrected chi connectivity index (χ3v) is 4.11. The summed E-state index contributed by atoms with van der Waals surface area (Å²) in [6, 6.07) is 3.99. The van der Waals surface area contributed by atoms with E-state index in [0.29, 0.717) is 5.75 Å². The maximum absolute atomic E-state index is 10.7. The van der Waals surface area contributed by atoms with Gasteiger partial charge in [-0.1, -0.05) is 24.4 Å². The van der Waals surface area contributed by atoms with Gasteiger partial charge < -0.3 is 9.84 Å². The highest BCUT2D eigenvalue weighted by molar-refractivity contribution is 7.05. The number of aliphatic hydroxyl groups excluding tert-OH is 1. The Morgan fingerprint density at radius 3 is 2.55 bits per heavy atom. The Morgan fingerprint density at radius 1 is 1.25 bits per heavy atom. The highest BCUT2D eigenvalue weighted by atomic mass is 32.1. The Labute approximate surface area is 123 Å². The monoisotopic (exact) mass is 292 g/mol. The summed E-state index contributed by atoms with van der Waals surface area (Å²) in [6.45, 7) is 8.09. The van der Waals surface area contributed by atoms with Crippen LogP contribution in [-0.4, -0.2) is 21.8 Å². The number of aliphatic hydroxyl groups is 1. The molecule has 1 unspecified atom stereocenters. The molecule has 20 heavy (non-hydrogen) atoms. The van der Waals surface area contributed by atoms with Crippen LogP contribution in [0.2, 0.25) is 0 Å². The first-order chi connectivity index (χ1) is 9.45. The lowest BCUT2D eigenvalue weighted by atomic mass is 9.96. The predicted molar refractivity (Wildman–Crippen MR) is 80.5 cm³/mol. The third-order valence-electron chi connectivity index (χ3n) is 3.32. The molecule has 1 aromatic carbocycles. The molecule has 2 rings (SSSR count). The maximum atomic E-state index is 10.7. The fourth-order valence-electron chi connectivity index (χ4n) is 2.38. The summed E-state index contributed by atoms with van der Waals surface area (Å²) in [5, 5.41) is 14.9. The van der Waals surface area contributed by atoms with Crippen LogP contribution in [0.15, 0.2) is 12.1 Å². The predicted octanol–water partition coefficient (Wildman–Crippen LogP) is 3.37. The van der Waals surface area contributed by atoms with Crippen molar-refractivity contribution in [2.24, 2.45) is 0 Å². The van der Waals surface area contributed by atoms with Crippen molar-refractivity contribution in [2.45, 2.75) is 39.7 Å². The van der Waals surface area contributed by atoms with E-state index in [2.05, 4.69) is 9.59 Å². The van der Waals surface area contributed by atoms with Gasteiger partial charge in [-0.05, 0) is 48.5 Å². The van der Waals surface area contributed by atoms with Crippen molar-refractivity contribution in [3.63, 3.8) is 0 Å². The molecule has 2 aromatic rings. The first-order valence-corrected chi connectivity index (χ1v) is 7.38. The van der Waals surface area contributed by atoms with E-state index in [4.69, 9.17) is 4.74 Å². The zero-order valence-electron chi connectivity index (χ0n) is 12.5. The number of methoxy groups -OCH3 is 1. The van der Waals surface area contributed by atoms with Gasteiger partial charge in [-0.2, -0.15) is 0 Å². The zero-order valence-corrected chi connectivity index (χ0v) is 13.3. The zero-order chi connectivity index (χ0) is 14.9. The molecule has 0 saturated carbocycles. The molecule has 0 aliphatic rings. The topological polar surface area (TPSA) is 55.2 Å². The van der Waals surface area contributed by atoms with Crippen LogP contribution in [0, 0.1) is 13.8 Å². The van der Waals surface area contributed by atoms with E-state index >= 15 is 0 Å². The first-order valence-electron chi connectivity index (χ1n) is 6.61. The van der Waals surface area contributed by atoms with Crippen LogP contribution in [0.1, 0.15) is 53.1 Å². The standard InChI is InChI=1S/C15H20N2O2S/c1-8(2)13-15(20-17-16-13)14(18)12-10(4)6-9(3)7-11(12)19-5/h6-8,14,18H,1-5H3. The van der Waals surface area contributed by atoms with Gasteiger partial charge in [0.05, 0.1) is 17.7 Å². The summed E-state index contributed by atoms with van der Waals surface area (Å²) >= 11 is 1.25. The lowest BCUT2D eigenvalue weighted by Gasteiger charge is -2.18. The van der Waals surface area contributed by atoms with Gasteiger partial charge >= 0.3 is 0 Å². The van der Waals surface area contributed by atoms with E-state index in [-0.39, 0.29) is 5.92 Å². The molecule has 0 aliphatic heterocycles. The van der Waals surface area contributed by atoms with E-state index in [1.807, 2.05) is 39.8 Å². The van der Waals surface area contributed by atoms with Crippen LogP contribution in [0.25, 0.3) is 0 Å². The molecule has 4 nitrogen and oxygen atoms in total. The van der Waals surface area contributed by atoms with Gasteiger partial charge in [0.1, 0.15) is 11.9 Å². The molecule has 0 fully saturated rings. The molecule has 0 spiro atoms. The molecular formula is C15H20N2O2S. The van der Waals surface area contributed by atoms with Crippen LogP contribution in [0.3, 0.4) is 0 Å². The second-order valence-corrected chi connectivity index (χ2v) is 6.06. The molecule has 108 valence electrons. The molecule has 1 aromatic heterocycles. The van der Waals surface area contributed by atoms with Crippen molar-refractivity contribution in [1.82, 2.24) is 9.59 Å². The minimum Gasteiger partial charge on any atom is -0.496 e. The van der Waals surface area contributed by atoms with Crippen molar-refractivity contribution >= 4 is 11.5 Å². The minimum absolute atomic E-state index is 0.232. The van der Waals surface area contributed by atoms with Crippen LogP contribution in [0.5, 0.6) is 5.75 Å². The fourth-order valence-corrected chi connectivity index (χ4v) is 3.19. The van der Waals surface area contributed by atoms with Crippen LogP contribution in [-0.2, 0) is 0 Å². The number of nitrogens with zero attached hydrogens (tertiary/aromatic N) is 2. The van der Waals surface area contributed by atoms with E-state index in [1.165, 1.54) is 11.5 Å². The van der Waals surface area contributed by atoms with Crippen molar-refractivity contribution < 1.29 is 9.84 Å². The molecule has 1 heterocycles. The molecule has 5 heteroatoms. The Balaban J connectivity index is 2.53. The second-order valence-electron chi connectivity index (χ2n) is 5.28. The number of rotatable bonds is 4. The van der Waals surface area contributed by atoms with Gasteiger partial charge in [0.15, 0.2) is 0 Å².